The Balaban J connectivity index is 1.24. The molecule has 0 unspecified atom stereocenters. The molecule has 5 heteroatoms. The van der Waals surface area contributed by atoms with Crippen LogP contribution in [0.5, 0.6) is 0 Å². The lowest BCUT2D eigenvalue weighted by atomic mass is 10.00. The van der Waals surface area contributed by atoms with Gasteiger partial charge < -0.3 is 4.57 Å². The van der Waals surface area contributed by atoms with E-state index in [4.69, 9.17) is 9.97 Å². The molecule has 4 aromatic heterocycles. The Labute approximate surface area is 302 Å². The first-order valence-corrected chi connectivity index (χ1v) is 19.0. The molecule has 0 amide bonds. The van der Waals surface area contributed by atoms with Crippen molar-refractivity contribution >= 4 is 80.8 Å². The first-order chi connectivity index (χ1) is 25.3. The summed E-state index contributed by atoms with van der Waals surface area (Å²) in [7, 11) is 0. The SMILES string of the molecule is C1=Cc2sc3c(ccc4c3c3ccccc3n4-c3cc(-c4nc(-c5ccccc5)cc(-c5ccccc5)n4)c4sc5ccccc5c4c3)c2CC1. The van der Waals surface area contributed by atoms with Crippen LogP contribution < -0.4 is 0 Å². The quantitative estimate of drug-likeness (QED) is 0.184. The standard InChI is InChI=1S/C46H29N3S2/c1-3-13-28(14-4-1)37-27-38(29-15-5-2-6-16-29)48-46(47-37)36-26-30(25-35-32-18-9-12-22-42(32)50-44(35)36)49-39-20-10-7-19-34(39)43-40(49)24-23-33-31-17-8-11-21-41(31)51-45(33)43/h1-7,9-16,18-27H,8,17H2. The number of allylic oxidation sites excluding steroid dienone is 1. The second kappa shape index (κ2) is 11.3. The van der Waals surface area contributed by atoms with Crippen LogP contribution in [0.15, 0.2) is 146 Å². The largest absolute Gasteiger partial charge is 0.309 e. The summed E-state index contributed by atoms with van der Waals surface area (Å²) in [4.78, 5) is 12.1. The molecule has 1 aliphatic carbocycles. The fourth-order valence-electron chi connectivity index (χ4n) is 7.95. The van der Waals surface area contributed by atoms with Crippen molar-refractivity contribution < 1.29 is 0 Å². The molecule has 10 aromatic rings. The van der Waals surface area contributed by atoms with E-state index in [1.165, 1.54) is 62.5 Å². The van der Waals surface area contributed by atoms with Crippen LogP contribution in [0.25, 0.3) is 97.7 Å². The second-order valence-corrected chi connectivity index (χ2v) is 15.3. The number of nitrogens with zero attached hydrogens (tertiary/aromatic N) is 3. The summed E-state index contributed by atoms with van der Waals surface area (Å²) in [6.45, 7) is 0. The normalized spacial score (nSPS) is 12.9. The lowest BCUT2D eigenvalue weighted by Gasteiger charge is -2.13. The summed E-state index contributed by atoms with van der Waals surface area (Å²) < 4.78 is 6.31. The van der Waals surface area contributed by atoms with Crippen molar-refractivity contribution in [3.8, 4) is 39.6 Å². The third-order valence-electron chi connectivity index (χ3n) is 10.3. The number of rotatable bonds is 4. The fraction of sp³-hybridized carbons (Fsp3) is 0.0435. The average Bonchev–Trinajstić information content (AvgIpc) is 3.87. The van der Waals surface area contributed by atoms with Crippen LogP contribution in [-0.4, -0.2) is 14.5 Å². The molecule has 4 heterocycles. The molecule has 1 aliphatic rings. The molecule has 11 rings (SSSR count). The van der Waals surface area contributed by atoms with Crippen molar-refractivity contribution in [2.75, 3.05) is 0 Å². The van der Waals surface area contributed by atoms with Crippen molar-refractivity contribution in [3.63, 3.8) is 0 Å². The Morgan fingerprint density at radius 2 is 1.25 bits per heavy atom. The van der Waals surface area contributed by atoms with Gasteiger partial charge in [-0.25, -0.2) is 9.97 Å². The third-order valence-corrected chi connectivity index (χ3v) is 12.7. The maximum atomic E-state index is 5.33. The highest BCUT2D eigenvalue weighted by atomic mass is 32.1. The summed E-state index contributed by atoms with van der Waals surface area (Å²) in [5.74, 6) is 0.731. The minimum atomic E-state index is 0.731. The van der Waals surface area contributed by atoms with Gasteiger partial charge in [0.2, 0.25) is 0 Å². The number of hydrogen-bond acceptors (Lipinski definition) is 4. The molecule has 0 saturated heterocycles. The zero-order valence-electron chi connectivity index (χ0n) is 27.5. The summed E-state index contributed by atoms with van der Waals surface area (Å²) in [5, 5.41) is 6.49. The topological polar surface area (TPSA) is 30.7 Å². The van der Waals surface area contributed by atoms with E-state index in [1.54, 1.807) is 0 Å². The van der Waals surface area contributed by atoms with Gasteiger partial charge in [-0.1, -0.05) is 109 Å². The highest BCUT2D eigenvalue weighted by molar-refractivity contribution is 7.26. The van der Waals surface area contributed by atoms with Crippen molar-refractivity contribution in [3.05, 3.63) is 156 Å². The molecule has 0 aliphatic heterocycles. The van der Waals surface area contributed by atoms with E-state index in [0.29, 0.717) is 0 Å². The molecule has 3 nitrogen and oxygen atoms in total. The van der Waals surface area contributed by atoms with E-state index in [1.807, 2.05) is 22.7 Å². The zero-order valence-corrected chi connectivity index (χ0v) is 29.1. The van der Waals surface area contributed by atoms with Gasteiger partial charge in [0.1, 0.15) is 0 Å². The van der Waals surface area contributed by atoms with Gasteiger partial charge in [-0.2, -0.15) is 0 Å². The summed E-state index contributed by atoms with van der Waals surface area (Å²) in [6.07, 6.45) is 6.85. The third kappa shape index (κ3) is 4.48. The Kier molecular flexibility index (Phi) is 6.42. The first-order valence-electron chi connectivity index (χ1n) is 17.4. The molecule has 0 atom stereocenters. The molecular formula is C46H29N3S2. The lowest BCUT2D eigenvalue weighted by Crippen LogP contribution is -1.99. The van der Waals surface area contributed by atoms with Crippen LogP contribution in [0.4, 0.5) is 0 Å². The zero-order chi connectivity index (χ0) is 33.5. The van der Waals surface area contributed by atoms with Crippen molar-refractivity contribution in [1.29, 1.82) is 0 Å². The van der Waals surface area contributed by atoms with Gasteiger partial charge in [0.15, 0.2) is 5.82 Å². The first kappa shape index (κ1) is 28.9. The number of aromatic nitrogens is 3. The summed E-state index contributed by atoms with van der Waals surface area (Å²) >= 11 is 3.76. The molecular weight excluding hydrogens is 659 g/mol. The van der Waals surface area contributed by atoms with E-state index >= 15 is 0 Å². The van der Waals surface area contributed by atoms with E-state index < -0.39 is 0 Å². The van der Waals surface area contributed by atoms with Gasteiger partial charge in [0.05, 0.1) is 22.4 Å². The summed E-state index contributed by atoms with van der Waals surface area (Å²) in [6, 6.07) is 50.1. The van der Waals surface area contributed by atoms with Gasteiger partial charge >= 0.3 is 0 Å². The molecule has 0 saturated carbocycles. The minimum Gasteiger partial charge on any atom is -0.309 e. The van der Waals surface area contributed by atoms with Crippen LogP contribution in [-0.2, 0) is 6.42 Å². The number of benzene rings is 6. The van der Waals surface area contributed by atoms with Crippen LogP contribution in [0.1, 0.15) is 16.9 Å². The number of thiophene rings is 2. The molecule has 0 fully saturated rings. The average molecular weight is 688 g/mol. The molecule has 240 valence electrons. The number of hydrogen-bond donors (Lipinski definition) is 0. The van der Waals surface area contributed by atoms with E-state index in [9.17, 15) is 0 Å². The Morgan fingerprint density at radius 3 is 2.04 bits per heavy atom. The monoisotopic (exact) mass is 687 g/mol. The van der Waals surface area contributed by atoms with Crippen LogP contribution in [0, 0.1) is 0 Å². The van der Waals surface area contributed by atoms with Crippen molar-refractivity contribution in [2.24, 2.45) is 0 Å². The van der Waals surface area contributed by atoms with Crippen LogP contribution in [0.3, 0.4) is 0 Å². The van der Waals surface area contributed by atoms with Crippen LogP contribution >= 0.6 is 22.7 Å². The molecule has 0 spiro atoms. The second-order valence-electron chi connectivity index (χ2n) is 13.2. The maximum absolute atomic E-state index is 5.33. The predicted molar refractivity (Wildman–Crippen MR) is 218 cm³/mol. The van der Waals surface area contributed by atoms with E-state index in [-0.39, 0.29) is 0 Å². The van der Waals surface area contributed by atoms with Gasteiger partial charge in [-0.15, -0.1) is 22.7 Å². The van der Waals surface area contributed by atoms with Gasteiger partial charge in [0.25, 0.3) is 0 Å². The van der Waals surface area contributed by atoms with Crippen molar-refractivity contribution in [2.45, 2.75) is 12.8 Å². The lowest BCUT2D eigenvalue weighted by molar-refractivity contribution is 1.01. The molecule has 0 N–H and O–H groups in total. The molecule has 0 bridgehead atoms. The minimum absolute atomic E-state index is 0.731. The highest BCUT2D eigenvalue weighted by Gasteiger charge is 2.22. The van der Waals surface area contributed by atoms with Crippen molar-refractivity contribution in [1.82, 2.24) is 14.5 Å². The van der Waals surface area contributed by atoms with Gasteiger partial charge in [-0.05, 0) is 66.3 Å². The summed E-state index contributed by atoms with van der Waals surface area (Å²) in [5.41, 5.74) is 10.0. The van der Waals surface area contributed by atoms with E-state index in [2.05, 4.69) is 156 Å². The number of fused-ring (bicyclic) bond motifs is 10. The molecule has 51 heavy (non-hydrogen) atoms. The maximum Gasteiger partial charge on any atom is 0.161 e. The van der Waals surface area contributed by atoms with Gasteiger partial charge in [-0.3, -0.25) is 0 Å². The van der Waals surface area contributed by atoms with E-state index in [0.717, 1.165) is 52.4 Å². The van der Waals surface area contributed by atoms with Gasteiger partial charge in [0, 0.05) is 62.9 Å². The predicted octanol–water partition coefficient (Wildman–Crippen LogP) is 13.1. The van der Waals surface area contributed by atoms with Crippen LogP contribution in [0.2, 0.25) is 0 Å². The Hall–Kier alpha value is -5.88. The molecule has 0 radical (unpaired) electrons. The number of aryl methyl sites for hydroxylation is 1. The smallest absolute Gasteiger partial charge is 0.161 e. The Bertz CT molecular complexity index is 2960. The Morgan fingerprint density at radius 1 is 0.549 bits per heavy atom. The highest BCUT2D eigenvalue weighted by Crippen LogP contribution is 2.46. The molecule has 6 aromatic carbocycles. The number of para-hydroxylation sites is 1. The fourth-order valence-corrected chi connectivity index (χ4v) is 10.5.